The van der Waals surface area contributed by atoms with Crippen LogP contribution in [0.1, 0.15) is 0 Å². The molecule has 1 rings (SSSR count). The normalized spacial score (nSPS) is 51.0. The summed E-state index contributed by atoms with van der Waals surface area (Å²) in [6, 6.07) is 0. The molecule has 144 valence electrons. The Balaban J connectivity index is 0. The van der Waals surface area contributed by atoms with E-state index in [1.165, 1.54) is 0 Å². The van der Waals surface area contributed by atoms with Gasteiger partial charge in [0, 0.05) is 0 Å². The number of hydrogen-bond acceptors (Lipinski definition) is 18. The van der Waals surface area contributed by atoms with Gasteiger partial charge in [0.25, 0.3) is 46.9 Å². The van der Waals surface area contributed by atoms with Gasteiger partial charge in [-0.2, -0.15) is 0 Å². The van der Waals surface area contributed by atoms with Crippen molar-refractivity contribution in [1.29, 1.82) is 0 Å². The first kappa shape index (κ1) is 30.2. The van der Waals surface area contributed by atoms with Gasteiger partial charge < -0.3 is 29.4 Å². The third-order valence-electron chi connectivity index (χ3n) is 1.20. The van der Waals surface area contributed by atoms with Crippen molar-refractivity contribution in [2.24, 2.45) is 0 Å². The Hall–Kier alpha value is 1.96. The quantitative estimate of drug-likeness (QED) is 0.215. The first-order valence-corrected chi connectivity index (χ1v) is 13.1. The zero-order chi connectivity index (χ0) is 19.2. The Labute approximate surface area is 164 Å². The summed E-state index contributed by atoms with van der Waals surface area (Å²) in [7, 11) is -39.3. The van der Waals surface area contributed by atoms with Crippen LogP contribution in [-0.2, 0) is 53.3 Å². The molecule has 0 spiro atoms. The van der Waals surface area contributed by atoms with Gasteiger partial charge in [-0.05, 0) is 0 Å². The van der Waals surface area contributed by atoms with Crippen LogP contribution in [0, 0.1) is 0 Å². The Kier molecular flexibility index (Phi) is 10.9. The van der Waals surface area contributed by atoms with Crippen LogP contribution in [0.2, 0.25) is 0 Å². The molecule has 0 radical (unpaired) electrons. The molecule has 18 nitrogen and oxygen atoms in total. The van der Waals surface area contributed by atoms with Crippen molar-refractivity contribution in [3.05, 3.63) is 0 Å². The van der Waals surface area contributed by atoms with Crippen LogP contribution in [0.5, 0.6) is 0 Å². The number of hydrogen-bond donors (Lipinski definition) is 0. The van der Waals surface area contributed by atoms with E-state index in [2.05, 4.69) is 25.9 Å². The van der Waals surface area contributed by atoms with E-state index >= 15 is 0 Å². The van der Waals surface area contributed by atoms with Crippen LogP contribution in [0.25, 0.3) is 0 Å². The molecule has 0 atom stereocenters. The molecule has 1 aliphatic rings. The fraction of sp³-hybridized carbons (Fsp3) is 0. The van der Waals surface area contributed by atoms with Gasteiger partial charge in [-0.25, -0.2) is 25.9 Å². The van der Waals surface area contributed by atoms with E-state index in [4.69, 9.17) is 0 Å². The largest absolute Gasteiger partial charge is 3.00 e. The summed E-state index contributed by atoms with van der Waals surface area (Å²) in [4.78, 5) is 65.8. The molecule has 1 heterocycles. The Morgan fingerprint density at radius 1 is 0.346 bits per heavy atom. The van der Waals surface area contributed by atoms with Crippen LogP contribution in [-0.4, -0.2) is 34.7 Å². The summed E-state index contributed by atoms with van der Waals surface area (Å²) >= 11 is 0. The molecule has 0 aliphatic carbocycles. The van der Waals surface area contributed by atoms with E-state index in [1.807, 2.05) is 0 Å². The maximum atomic E-state index is 11.0. The minimum atomic E-state index is -6.56. The van der Waals surface area contributed by atoms with E-state index in [0.29, 0.717) is 0 Å². The maximum Gasteiger partial charge on any atom is 3.00 e. The molecule has 26 heavy (non-hydrogen) atoms. The van der Waals surface area contributed by atoms with Crippen molar-refractivity contribution in [1.82, 2.24) is 0 Å². The smallest absolute Gasteiger partial charge is 0.756 e. The predicted octanol–water partition coefficient (Wildman–Crippen LogP) is -3.85. The van der Waals surface area contributed by atoms with E-state index in [-0.39, 0.29) is 34.7 Å². The van der Waals surface area contributed by atoms with Crippen molar-refractivity contribution in [3.63, 3.8) is 0 Å². The van der Waals surface area contributed by atoms with Gasteiger partial charge in [0.05, 0.1) is 0 Å². The molecule has 0 unspecified atom stereocenters. The standard InChI is InChI=1S/2Al.H6O18P6/c;;1-19(2)13-20(3,4)15-22(7,8)17-24(11,12)18-23(9,10)16-21(5,6)14-19/h;;(H,1,2)(H,3,4)(H,5,6)(H,7,8)(H,9,10)(H,11,12)/q2*+3;/p-6. The fourth-order valence-electron chi connectivity index (χ4n) is 0.824. The van der Waals surface area contributed by atoms with Gasteiger partial charge in [-0.15, -0.1) is 0 Å². The minimum Gasteiger partial charge on any atom is -0.756 e. The third-order valence-corrected chi connectivity index (χ3v) is 10.8. The van der Waals surface area contributed by atoms with Gasteiger partial charge in [-0.1, -0.05) is 0 Å². The van der Waals surface area contributed by atoms with Crippen LogP contribution in [0.4, 0.5) is 0 Å². The van der Waals surface area contributed by atoms with Crippen molar-refractivity contribution in [2.75, 3.05) is 0 Å². The van der Waals surface area contributed by atoms with Gasteiger partial charge in [0.15, 0.2) is 0 Å². The second-order valence-electron chi connectivity index (χ2n) is 3.17. The summed E-state index contributed by atoms with van der Waals surface area (Å²) in [6.07, 6.45) is 0. The van der Waals surface area contributed by atoms with Crippen LogP contribution < -0.4 is 29.4 Å². The summed E-state index contributed by atoms with van der Waals surface area (Å²) in [5, 5.41) is 0. The zero-order valence-corrected chi connectivity index (χ0v) is 18.9. The molecular formula is Al2O18P6. The Morgan fingerprint density at radius 3 is 0.500 bits per heavy atom. The summed E-state index contributed by atoms with van der Waals surface area (Å²) in [5.41, 5.74) is 0. The van der Waals surface area contributed by atoms with Crippen LogP contribution in [0.15, 0.2) is 0 Å². The fourth-order valence-corrected chi connectivity index (χ4v) is 9.03. The van der Waals surface area contributed by atoms with Crippen molar-refractivity contribution in [3.8, 4) is 0 Å². The summed E-state index contributed by atoms with van der Waals surface area (Å²) < 4.78 is 83.4. The number of phosphoric acid groups is 6. The molecule has 1 fully saturated rings. The molecule has 26 heteroatoms. The summed E-state index contributed by atoms with van der Waals surface area (Å²) in [5.74, 6) is 0. The van der Waals surface area contributed by atoms with Gasteiger partial charge >= 0.3 is 34.7 Å². The van der Waals surface area contributed by atoms with Crippen LogP contribution in [0.3, 0.4) is 0 Å². The average molecular weight is 528 g/mol. The number of rotatable bonds is 0. The SMILES string of the molecule is O=P1([O-])OP(=O)([O-])OP(=O)([O-])OP(=O)([O-])OP(=O)([O-])OP(=O)([O-])O1.[Al+3].[Al+3]. The van der Waals surface area contributed by atoms with E-state index in [1.54, 1.807) is 0 Å². The molecule has 0 aromatic heterocycles. The molecular weight excluding hydrogens is 528 g/mol. The monoisotopic (exact) mass is 528 g/mol. The second-order valence-corrected chi connectivity index (χ2v) is 12.5. The Bertz CT molecular complexity index is 585. The van der Waals surface area contributed by atoms with E-state index in [9.17, 15) is 56.8 Å². The molecule has 1 saturated heterocycles. The third kappa shape index (κ3) is 11.2. The molecule has 0 saturated carbocycles. The minimum absolute atomic E-state index is 0. The molecule has 0 N–H and O–H groups in total. The Morgan fingerprint density at radius 2 is 0.423 bits per heavy atom. The first-order valence-electron chi connectivity index (χ1n) is 4.38. The van der Waals surface area contributed by atoms with Crippen molar-refractivity contribution >= 4 is 81.7 Å². The zero-order valence-electron chi connectivity index (χ0n) is 11.2. The van der Waals surface area contributed by atoms with E-state index < -0.39 is 46.9 Å². The van der Waals surface area contributed by atoms with E-state index in [0.717, 1.165) is 0 Å². The topological polar surface area (TPSA) is 296 Å². The molecule has 0 aromatic carbocycles. The molecule has 0 bridgehead atoms. The van der Waals surface area contributed by atoms with Gasteiger partial charge in [-0.3, -0.25) is 27.4 Å². The second kappa shape index (κ2) is 9.41. The molecule has 0 aromatic rings. The maximum absolute atomic E-state index is 11.0. The van der Waals surface area contributed by atoms with Crippen molar-refractivity contribution < 1.29 is 82.6 Å². The molecule has 0 amide bonds. The van der Waals surface area contributed by atoms with Crippen molar-refractivity contribution in [2.45, 2.75) is 0 Å². The molecule has 1 aliphatic heterocycles. The first-order chi connectivity index (χ1) is 10.2. The summed E-state index contributed by atoms with van der Waals surface area (Å²) in [6.45, 7) is 0. The predicted molar refractivity (Wildman–Crippen MR) is 63.7 cm³/mol. The van der Waals surface area contributed by atoms with Crippen LogP contribution >= 0.6 is 46.9 Å². The average Bonchev–Trinajstić information content (AvgIpc) is 1.98. The van der Waals surface area contributed by atoms with Gasteiger partial charge in [0.1, 0.15) is 0 Å². The van der Waals surface area contributed by atoms with Gasteiger partial charge in [0.2, 0.25) is 0 Å².